The summed E-state index contributed by atoms with van der Waals surface area (Å²) in [5.74, 6) is 0.290. The fourth-order valence-corrected chi connectivity index (χ4v) is 5.46. The third-order valence-electron chi connectivity index (χ3n) is 6.30. The minimum atomic E-state index is -0.521. The van der Waals surface area contributed by atoms with E-state index in [9.17, 15) is 9.59 Å². The van der Waals surface area contributed by atoms with E-state index in [1.807, 2.05) is 53.9 Å². The van der Waals surface area contributed by atoms with E-state index in [1.54, 1.807) is 45.4 Å². The maximum atomic E-state index is 13.8. The molecular weight excluding hydrogens is 548 g/mol. The second-order valence-electron chi connectivity index (χ2n) is 8.67. The first kappa shape index (κ1) is 27.2. The van der Waals surface area contributed by atoms with Crippen LogP contribution in [-0.2, 0) is 4.74 Å². The molecule has 0 bridgehead atoms. The van der Waals surface area contributed by atoms with Gasteiger partial charge in [0.05, 0.1) is 37.6 Å². The van der Waals surface area contributed by atoms with Crippen LogP contribution in [0, 0.1) is 0 Å². The molecule has 202 valence electrons. The molecule has 0 aliphatic rings. The van der Waals surface area contributed by atoms with Crippen molar-refractivity contribution >= 4 is 50.7 Å². The monoisotopic (exact) mass is 572 g/mol. The van der Waals surface area contributed by atoms with Crippen molar-refractivity contribution in [2.24, 2.45) is 0 Å². The Hall–Kier alpha value is -4.40. The molecule has 3 aromatic carbocycles. The van der Waals surface area contributed by atoms with Gasteiger partial charge in [-0.25, -0.2) is 9.78 Å². The number of methoxy groups -OCH3 is 2. The molecule has 40 heavy (non-hydrogen) atoms. The zero-order valence-corrected chi connectivity index (χ0v) is 23.6. The molecule has 7 nitrogen and oxygen atoms in total. The largest absolute Gasteiger partial charge is 0.497 e. The van der Waals surface area contributed by atoms with Crippen molar-refractivity contribution < 1.29 is 23.8 Å². The predicted molar refractivity (Wildman–Crippen MR) is 159 cm³/mol. The van der Waals surface area contributed by atoms with Crippen molar-refractivity contribution in [1.29, 1.82) is 0 Å². The number of ether oxygens (including phenoxy) is 3. The molecular formula is C31H25ClN2O5S. The smallest absolute Gasteiger partial charge is 0.341 e. The topological polar surface area (TPSA) is 86.8 Å². The minimum Gasteiger partial charge on any atom is -0.497 e. The Bertz CT molecular complexity index is 1720. The number of amides is 1. The molecule has 0 radical (unpaired) electrons. The second kappa shape index (κ2) is 11.8. The standard InChI is InChI=1S/C31H25ClN2O5S/c1-4-39-31(36)28-24(18-9-11-19(32)12-10-18)17-40-30(28)34-29(35)23-16-26(33-25-8-6-5-7-21(23)25)22-14-13-20(37-2)15-27(22)38-3/h5-17H,4H2,1-3H3,(H,34,35). The van der Waals surface area contributed by atoms with Crippen LogP contribution in [0.25, 0.3) is 33.3 Å². The van der Waals surface area contributed by atoms with Gasteiger partial charge in [0.25, 0.3) is 5.91 Å². The normalized spacial score (nSPS) is 10.8. The fourth-order valence-electron chi connectivity index (χ4n) is 4.38. The lowest BCUT2D eigenvalue weighted by atomic mass is 10.0. The van der Waals surface area contributed by atoms with E-state index in [0.717, 1.165) is 5.56 Å². The van der Waals surface area contributed by atoms with Gasteiger partial charge in [0.2, 0.25) is 0 Å². The van der Waals surface area contributed by atoms with Crippen LogP contribution >= 0.6 is 22.9 Å². The Labute approximate surface area is 240 Å². The van der Waals surface area contributed by atoms with E-state index in [1.165, 1.54) is 11.3 Å². The van der Waals surface area contributed by atoms with E-state index < -0.39 is 5.97 Å². The van der Waals surface area contributed by atoms with Crippen molar-refractivity contribution in [3.05, 3.63) is 94.3 Å². The summed E-state index contributed by atoms with van der Waals surface area (Å²) >= 11 is 7.32. The molecule has 0 spiro atoms. The Morgan fingerprint density at radius 1 is 0.950 bits per heavy atom. The number of nitrogens with zero attached hydrogens (tertiary/aromatic N) is 1. The molecule has 0 saturated heterocycles. The summed E-state index contributed by atoms with van der Waals surface area (Å²) < 4.78 is 16.3. The van der Waals surface area contributed by atoms with Crippen LogP contribution in [0.5, 0.6) is 11.5 Å². The fraction of sp³-hybridized carbons (Fsp3) is 0.129. The lowest BCUT2D eigenvalue weighted by molar-refractivity contribution is 0.0529. The molecule has 2 heterocycles. The number of aromatic nitrogens is 1. The maximum absolute atomic E-state index is 13.8. The number of benzene rings is 3. The Balaban J connectivity index is 1.59. The van der Waals surface area contributed by atoms with E-state index in [0.29, 0.717) is 54.8 Å². The molecule has 5 aromatic rings. The summed E-state index contributed by atoms with van der Waals surface area (Å²) in [5.41, 5.74) is 4.03. The van der Waals surface area contributed by atoms with E-state index in [2.05, 4.69) is 5.32 Å². The highest BCUT2D eigenvalue weighted by Gasteiger charge is 2.24. The quantitative estimate of drug-likeness (QED) is 0.191. The van der Waals surface area contributed by atoms with Gasteiger partial charge < -0.3 is 19.5 Å². The van der Waals surface area contributed by atoms with Gasteiger partial charge in [-0.1, -0.05) is 41.9 Å². The summed E-state index contributed by atoms with van der Waals surface area (Å²) in [4.78, 5) is 31.7. The highest BCUT2D eigenvalue weighted by atomic mass is 35.5. The van der Waals surface area contributed by atoms with Crippen LogP contribution in [0.15, 0.2) is 78.2 Å². The van der Waals surface area contributed by atoms with Gasteiger partial charge in [0, 0.05) is 33.0 Å². The van der Waals surface area contributed by atoms with E-state index in [4.69, 9.17) is 30.8 Å². The third kappa shape index (κ3) is 5.36. The van der Waals surface area contributed by atoms with Gasteiger partial charge in [0.1, 0.15) is 22.1 Å². The molecule has 0 saturated carbocycles. The van der Waals surface area contributed by atoms with Gasteiger partial charge in [-0.2, -0.15) is 0 Å². The van der Waals surface area contributed by atoms with Crippen molar-refractivity contribution in [2.75, 3.05) is 26.1 Å². The predicted octanol–water partition coefficient (Wildman–Crippen LogP) is 7.73. The number of fused-ring (bicyclic) bond motifs is 1. The Morgan fingerprint density at radius 2 is 1.73 bits per heavy atom. The van der Waals surface area contributed by atoms with Crippen LogP contribution in [0.3, 0.4) is 0 Å². The van der Waals surface area contributed by atoms with Crippen molar-refractivity contribution in [2.45, 2.75) is 6.92 Å². The van der Waals surface area contributed by atoms with Crippen LogP contribution < -0.4 is 14.8 Å². The molecule has 0 aliphatic heterocycles. The Morgan fingerprint density at radius 3 is 2.45 bits per heavy atom. The highest BCUT2D eigenvalue weighted by molar-refractivity contribution is 7.15. The molecule has 0 atom stereocenters. The molecule has 1 amide bonds. The highest BCUT2D eigenvalue weighted by Crippen LogP contribution is 2.38. The minimum absolute atomic E-state index is 0.199. The zero-order valence-electron chi connectivity index (χ0n) is 22.0. The molecule has 0 fully saturated rings. The number of halogens is 1. The van der Waals surface area contributed by atoms with Gasteiger partial charge in [-0.05, 0) is 48.9 Å². The van der Waals surface area contributed by atoms with E-state index in [-0.39, 0.29) is 18.1 Å². The van der Waals surface area contributed by atoms with Crippen LogP contribution in [0.1, 0.15) is 27.6 Å². The molecule has 9 heteroatoms. The summed E-state index contributed by atoms with van der Waals surface area (Å²) in [5, 5.41) is 6.42. The van der Waals surface area contributed by atoms with Crippen LogP contribution in [0.4, 0.5) is 5.00 Å². The number of pyridine rings is 1. The number of hydrogen-bond acceptors (Lipinski definition) is 7. The molecule has 2 aromatic heterocycles. The number of hydrogen-bond donors (Lipinski definition) is 1. The van der Waals surface area contributed by atoms with Gasteiger partial charge >= 0.3 is 5.97 Å². The number of carbonyl (C=O) groups is 2. The number of rotatable bonds is 8. The number of thiophene rings is 1. The lowest BCUT2D eigenvalue weighted by Crippen LogP contribution is -2.15. The number of anilines is 1. The van der Waals surface area contributed by atoms with Crippen molar-refractivity contribution in [3.8, 4) is 33.9 Å². The first-order chi connectivity index (χ1) is 19.4. The second-order valence-corrected chi connectivity index (χ2v) is 9.99. The molecule has 0 unspecified atom stereocenters. The number of para-hydroxylation sites is 1. The summed E-state index contributed by atoms with van der Waals surface area (Å²) in [7, 11) is 3.15. The average molecular weight is 573 g/mol. The first-order valence-corrected chi connectivity index (χ1v) is 13.7. The third-order valence-corrected chi connectivity index (χ3v) is 7.45. The summed E-state index contributed by atoms with van der Waals surface area (Å²) in [6.07, 6.45) is 0. The van der Waals surface area contributed by atoms with Gasteiger partial charge in [0.15, 0.2) is 0 Å². The number of carbonyl (C=O) groups excluding carboxylic acids is 2. The summed E-state index contributed by atoms with van der Waals surface area (Å²) in [6, 6.07) is 21.7. The molecule has 1 N–H and O–H groups in total. The zero-order chi connectivity index (χ0) is 28.2. The van der Waals surface area contributed by atoms with Crippen molar-refractivity contribution in [3.63, 3.8) is 0 Å². The van der Waals surface area contributed by atoms with Gasteiger partial charge in [-0.15, -0.1) is 11.3 Å². The van der Waals surface area contributed by atoms with Crippen molar-refractivity contribution in [1.82, 2.24) is 4.98 Å². The van der Waals surface area contributed by atoms with Gasteiger partial charge in [-0.3, -0.25) is 4.79 Å². The maximum Gasteiger partial charge on any atom is 0.341 e. The Kier molecular flexibility index (Phi) is 8.00. The number of esters is 1. The summed E-state index contributed by atoms with van der Waals surface area (Å²) in [6.45, 7) is 1.94. The lowest BCUT2D eigenvalue weighted by Gasteiger charge is -2.14. The van der Waals surface area contributed by atoms with Crippen LogP contribution in [-0.4, -0.2) is 37.7 Å². The molecule has 5 rings (SSSR count). The first-order valence-electron chi connectivity index (χ1n) is 12.4. The molecule has 0 aliphatic carbocycles. The van der Waals surface area contributed by atoms with Crippen LogP contribution in [0.2, 0.25) is 5.02 Å². The number of nitrogens with one attached hydrogen (secondary N) is 1. The van der Waals surface area contributed by atoms with E-state index >= 15 is 0 Å². The average Bonchev–Trinajstić information content (AvgIpc) is 3.40. The SMILES string of the molecule is CCOC(=O)c1c(-c2ccc(Cl)cc2)csc1NC(=O)c1cc(-c2ccc(OC)cc2OC)nc2ccccc12.